The average Bonchev–Trinajstić information content (AvgIpc) is 2.76. The summed E-state index contributed by atoms with van der Waals surface area (Å²) in [6.45, 7) is 1.65. The number of carbonyl (C=O) groups excluding carboxylic acids is 1. The van der Waals surface area contributed by atoms with E-state index in [1.165, 1.54) is 18.2 Å². The van der Waals surface area contributed by atoms with E-state index in [1.807, 2.05) is 6.07 Å². The monoisotopic (exact) mass is 444 g/mol. The minimum atomic E-state index is -4.39. The summed E-state index contributed by atoms with van der Waals surface area (Å²) >= 11 is 0. The van der Waals surface area contributed by atoms with Crippen LogP contribution in [-0.2, 0) is 17.4 Å². The van der Waals surface area contributed by atoms with Gasteiger partial charge in [-0.15, -0.1) is 0 Å². The van der Waals surface area contributed by atoms with Gasteiger partial charge < -0.3 is 5.73 Å². The Hall–Kier alpha value is -3.19. The van der Waals surface area contributed by atoms with Crippen molar-refractivity contribution in [1.82, 2.24) is 5.32 Å². The molecule has 0 spiro atoms. The molecule has 3 nitrogen and oxygen atoms in total. The molecule has 0 radical (unpaired) electrons. The van der Waals surface area contributed by atoms with Crippen molar-refractivity contribution in [3.8, 4) is 0 Å². The number of alkyl halides is 3. The van der Waals surface area contributed by atoms with E-state index in [9.17, 15) is 22.4 Å². The number of carbonyl (C=O) groups is 1. The van der Waals surface area contributed by atoms with Crippen molar-refractivity contribution in [3.05, 3.63) is 106 Å². The third-order valence-corrected chi connectivity index (χ3v) is 5.37. The number of amides is 1. The van der Waals surface area contributed by atoms with Gasteiger partial charge in [0, 0.05) is 6.04 Å². The maximum Gasteiger partial charge on any atom is 0.416 e. The molecule has 3 rings (SSSR count). The first kappa shape index (κ1) is 23.5. The van der Waals surface area contributed by atoms with Gasteiger partial charge in [0.15, 0.2) is 0 Å². The lowest BCUT2D eigenvalue weighted by Crippen LogP contribution is -2.36. The van der Waals surface area contributed by atoms with Gasteiger partial charge in [-0.05, 0) is 60.2 Å². The van der Waals surface area contributed by atoms with E-state index in [1.54, 1.807) is 43.3 Å². The Morgan fingerprint density at radius 2 is 1.62 bits per heavy atom. The van der Waals surface area contributed by atoms with E-state index in [4.69, 9.17) is 5.73 Å². The molecule has 3 N–H and O–H groups in total. The highest BCUT2D eigenvalue weighted by Gasteiger charge is 2.30. The molecule has 0 fully saturated rings. The Bertz CT molecular complexity index is 1050. The van der Waals surface area contributed by atoms with Crippen LogP contribution in [-0.4, -0.2) is 5.91 Å². The largest absolute Gasteiger partial charge is 0.416 e. The zero-order valence-electron chi connectivity index (χ0n) is 17.5. The van der Waals surface area contributed by atoms with E-state index < -0.39 is 23.7 Å². The van der Waals surface area contributed by atoms with Gasteiger partial charge in [-0.2, -0.15) is 13.2 Å². The van der Waals surface area contributed by atoms with Gasteiger partial charge in [-0.25, -0.2) is 4.39 Å². The summed E-state index contributed by atoms with van der Waals surface area (Å²) in [7, 11) is 0. The number of nitrogens with one attached hydrogen (secondary N) is 1. The van der Waals surface area contributed by atoms with Crippen molar-refractivity contribution >= 4 is 5.91 Å². The van der Waals surface area contributed by atoms with Crippen LogP contribution in [0.15, 0.2) is 72.8 Å². The lowest BCUT2D eigenvalue weighted by molar-refractivity contribution is -0.137. The second kappa shape index (κ2) is 9.96. The first-order valence-electron chi connectivity index (χ1n) is 10.2. The second-order valence-corrected chi connectivity index (χ2v) is 7.71. The molecule has 1 amide bonds. The van der Waals surface area contributed by atoms with E-state index in [0.717, 1.165) is 23.3 Å². The van der Waals surface area contributed by atoms with Gasteiger partial charge in [-0.1, -0.05) is 54.6 Å². The molecule has 2 atom stereocenters. The Labute approximate surface area is 184 Å². The van der Waals surface area contributed by atoms with Crippen LogP contribution in [0.1, 0.15) is 46.3 Å². The first-order valence-corrected chi connectivity index (χ1v) is 10.2. The zero-order chi connectivity index (χ0) is 23.3. The maximum absolute atomic E-state index is 13.8. The van der Waals surface area contributed by atoms with E-state index in [2.05, 4.69) is 5.32 Å². The van der Waals surface area contributed by atoms with Crippen LogP contribution in [0.25, 0.3) is 0 Å². The average molecular weight is 444 g/mol. The van der Waals surface area contributed by atoms with Crippen molar-refractivity contribution < 1.29 is 22.4 Å². The molecular weight excluding hydrogens is 420 g/mol. The van der Waals surface area contributed by atoms with E-state index >= 15 is 0 Å². The van der Waals surface area contributed by atoms with Gasteiger partial charge in [0.05, 0.1) is 5.56 Å². The Morgan fingerprint density at radius 1 is 0.969 bits per heavy atom. The number of aryl methyl sites for hydroxylation is 2. The topological polar surface area (TPSA) is 55.1 Å². The molecule has 0 bridgehead atoms. The minimum Gasteiger partial charge on any atom is -0.368 e. The summed E-state index contributed by atoms with van der Waals surface area (Å²) in [5, 5.41) is 3.26. The zero-order valence-corrected chi connectivity index (χ0v) is 17.5. The lowest BCUT2D eigenvalue weighted by atomic mass is 9.95. The molecule has 0 heterocycles. The molecule has 0 aromatic heterocycles. The predicted molar refractivity (Wildman–Crippen MR) is 115 cm³/mol. The molecule has 7 heteroatoms. The van der Waals surface area contributed by atoms with Crippen LogP contribution in [0, 0.1) is 12.7 Å². The summed E-state index contributed by atoms with van der Waals surface area (Å²) in [6.07, 6.45) is -3.47. The summed E-state index contributed by atoms with van der Waals surface area (Å²) in [6, 6.07) is 17.5. The van der Waals surface area contributed by atoms with Gasteiger partial charge in [-0.3, -0.25) is 10.1 Å². The fourth-order valence-corrected chi connectivity index (χ4v) is 3.59. The van der Waals surface area contributed by atoms with Gasteiger partial charge in [0.2, 0.25) is 5.91 Å². The fourth-order valence-electron chi connectivity index (χ4n) is 3.59. The lowest BCUT2D eigenvalue weighted by Gasteiger charge is -2.25. The smallest absolute Gasteiger partial charge is 0.368 e. The van der Waals surface area contributed by atoms with Crippen LogP contribution >= 0.6 is 0 Å². The number of rotatable bonds is 8. The second-order valence-electron chi connectivity index (χ2n) is 7.71. The highest BCUT2D eigenvalue weighted by atomic mass is 19.4. The third kappa shape index (κ3) is 5.95. The van der Waals surface area contributed by atoms with Crippen LogP contribution in [0.3, 0.4) is 0 Å². The molecule has 3 aromatic carbocycles. The standard InChI is InChI=1S/C25H24F4N2O/c1-16-15-19(10-13-21(16)26)22(31-23(24(30)32)18-5-3-2-4-6-18)14-9-17-7-11-20(12-8-17)25(27,28)29/h2-8,10-13,15,22-23,31H,9,14H2,1H3,(H2,30,32)/t22-,23+/m0/s1. The molecule has 3 aromatic rings. The molecule has 0 aliphatic heterocycles. The van der Waals surface area contributed by atoms with Crippen molar-refractivity contribution in [2.45, 2.75) is 38.0 Å². The van der Waals surface area contributed by atoms with Crippen molar-refractivity contribution in [2.24, 2.45) is 5.73 Å². The molecule has 32 heavy (non-hydrogen) atoms. The number of primary amides is 1. The molecule has 0 aliphatic rings. The van der Waals surface area contributed by atoms with Crippen LogP contribution in [0.5, 0.6) is 0 Å². The van der Waals surface area contributed by atoms with E-state index in [-0.39, 0.29) is 11.9 Å². The fraction of sp³-hybridized carbons (Fsp3) is 0.240. The highest BCUT2D eigenvalue weighted by Crippen LogP contribution is 2.30. The highest BCUT2D eigenvalue weighted by molar-refractivity contribution is 5.81. The van der Waals surface area contributed by atoms with Crippen LogP contribution in [0.2, 0.25) is 0 Å². The minimum absolute atomic E-state index is 0.343. The Morgan fingerprint density at radius 3 is 2.19 bits per heavy atom. The quantitative estimate of drug-likeness (QED) is 0.442. The number of hydrogen-bond acceptors (Lipinski definition) is 2. The number of nitrogens with two attached hydrogens (primary N) is 1. The Kier molecular flexibility index (Phi) is 7.30. The summed E-state index contributed by atoms with van der Waals surface area (Å²) in [4.78, 5) is 12.2. The molecule has 0 saturated carbocycles. The van der Waals surface area contributed by atoms with Gasteiger partial charge >= 0.3 is 6.18 Å². The van der Waals surface area contributed by atoms with Crippen LogP contribution in [0.4, 0.5) is 17.6 Å². The Balaban J connectivity index is 1.85. The molecule has 0 aliphatic carbocycles. The summed E-state index contributed by atoms with van der Waals surface area (Å²) in [5.41, 5.74) is 7.57. The van der Waals surface area contributed by atoms with Crippen molar-refractivity contribution in [3.63, 3.8) is 0 Å². The van der Waals surface area contributed by atoms with Gasteiger partial charge in [0.25, 0.3) is 0 Å². The number of hydrogen-bond donors (Lipinski definition) is 2. The number of benzene rings is 3. The summed E-state index contributed by atoms with van der Waals surface area (Å²) in [5.74, 6) is -0.903. The van der Waals surface area contributed by atoms with Crippen molar-refractivity contribution in [1.29, 1.82) is 0 Å². The molecule has 168 valence electrons. The van der Waals surface area contributed by atoms with Crippen LogP contribution < -0.4 is 11.1 Å². The molecule has 0 saturated heterocycles. The van der Waals surface area contributed by atoms with Crippen molar-refractivity contribution in [2.75, 3.05) is 0 Å². The maximum atomic E-state index is 13.8. The predicted octanol–water partition coefficient (Wildman–Crippen LogP) is 5.64. The first-order chi connectivity index (χ1) is 15.1. The summed E-state index contributed by atoms with van der Waals surface area (Å²) < 4.78 is 52.3. The third-order valence-electron chi connectivity index (χ3n) is 5.37. The van der Waals surface area contributed by atoms with Gasteiger partial charge in [0.1, 0.15) is 11.9 Å². The van der Waals surface area contributed by atoms with E-state index in [0.29, 0.717) is 24.0 Å². The SMILES string of the molecule is Cc1cc([C@H](CCc2ccc(C(F)(F)F)cc2)N[C@@H](C(N)=O)c2ccccc2)ccc1F. The normalized spacial score (nSPS) is 13.5. The number of halogens is 4. The molecular formula is C25H24F4N2O. The molecule has 0 unspecified atom stereocenters.